The predicted octanol–water partition coefficient (Wildman–Crippen LogP) is 2.79. The van der Waals surface area contributed by atoms with E-state index in [0.717, 1.165) is 25.4 Å². The summed E-state index contributed by atoms with van der Waals surface area (Å²) in [4.78, 5) is 4.39. The number of hydrogen-bond donors (Lipinski definition) is 1. The van der Waals surface area contributed by atoms with Gasteiger partial charge < -0.3 is 9.88 Å². The highest BCUT2D eigenvalue weighted by Crippen LogP contribution is 2.37. The van der Waals surface area contributed by atoms with E-state index in [2.05, 4.69) is 39.3 Å². The van der Waals surface area contributed by atoms with Gasteiger partial charge >= 0.3 is 0 Å². The lowest BCUT2D eigenvalue weighted by Gasteiger charge is -2.28. The highest BCUT2D eigenvalue weighted by molar-refractivity contribution is 5.48. The number of aromatic nitrogens is 2. The van der Waals surface area contributed by atoms with E-state index in [4.69, 9.17) is 0 Å². The third-order valence-corrected chi connectivity index (χ3v) is 4.57. The Morgan fingerprint density at radius 1 is 1.26 bits per heavy atom. The van der Waals surface area contributed by atoms with E-state index < -0.39 is 0 Å². The molecular weight excluding hydrogens is 234 g/mol. The summed E-state index contributed by atoms with van der Waals surface area (Å²) in [5.74, 6) is 0.718. The van der Waals surface area contributed by atoms with Crippen molar-refractivity contribution in [1.82, 2.24) is 14.9 Å². The van der Waals surface area contributed by atoms with Gasteiger partial charge in [0.25, 0.3) is 0 Å². The molecule has 0 bridgehead atoms. The third kappa shape index (κ3) is 1.80. The Balaban J connectivity index is 1.82. The van der Waals surface area contributed by atoms with E-state index in [1.807, 2.05) is 6.33 Å². The van der Waals surface area contributed by atoms with Gasteiger partial charge in [0.15, 0.2) is 0 Å². The number of imidazole rings is 1. The molecule has 0 saturated heterocycles. The van der Waals surface area contributed by atoms with Gasteiger partial charge in [-0.2, -0.15) is 0 Å². The minimum Gasteiger partial charge on any atom is -0.312 e. The van der Waals surface area contributed by atoms with Gasteiger partial charge in [-0.1, -0.05) is 18.6 Å². The number of fused-ring (bicyclic) bond motifs is 1. The van der Waals surface area contributed by atoms with Crippen LogP contribution in [0.1, 0.15) is 42.0 Å². The molecule has 3 heteroatoms. The first-order chi connectivity index (χ1) is 9.43. The lowest BCUT2D eigenvalue weighted by Crippen LogP contribution is -2.25. The highest BCUT2D eigenvalue weighted by Gasteiger charge is 2.24. The Hall–Kier alpha value is -1.61. The number of hydrogen-bond acceptors (Lipinski definition) is 2. The maximum absolute atomic E-state index is 4.39. The molecule has 1 aromatic carbocycles. The number of nitrogens with zero attached hydrogens (tertiary/aromatic N) is 2. The first-order valence-electron chi connectivity index (χ1n) is 7.27. The summed E-state index contributed by atoms with van der Waals surface area (Å²) in [7, 11) is 0. The van der Waals surface area contributed by atoms with E-state index in [9.17, 15) is 0 Å². The molecule has 0 amide bonds. The second-order valence-electron chi connectivity index (χ2n) is 5.66. The zero-order chi connectivity index (χ0) is 12.7. The van der Waals surface area contributed by atoms with Crippen molar-refractivity contribution in [2.45, 2.75) is 38.1 Å². The SMILES string of the molecule is c1cc2c(c(-n3cncc3C3CCC3)c1)CNCC2. The Bertz CT molecular complexity index is 596. The number of rotatable bonds is 2. The van der Waals surface area contributed by atoms with Crippen LogP contribution in [0.15, 0.2) is 30.7 Å². The van der Waals surface area contributed by atoms with E-state index in [0.29, 0.717) is 0 Å². The minimum atomic E-state index is 0.718. The van der Waals surface area contributed by atoms with Crippen LogP contribution < -0.4 is 5.32 Å². The van der Waals surface area contributed by atoms with Gasteiger partial charge in [-0.15, -0.1) is 0 Å². The van der Waals surface area contributed by atoms with Crippen LogP contribution in [0.4, 0.5) is 0 Å². The van der Waals surface area contributed by atoms with Crippen LogP contribution in [0.3, 0.4) is 0 Å². The summed E-state index contributed by atoms with van der Waals surface area (Å²) in [6, 6.07) is 6.68. The summed E-state index contributed by atoms with van der Waals surface area (Å²) in [6.45, 7) is 2.07. The minimum absolute atomic E-state index is 0.718. The smallest absolute Gasteiger partial charge is 0.0994 e. The molecule has 98 valence electrons. The number of nitrogens with one attached hydrogen (secondary N) is 1. The van der Waals surface area contributed by atoms with E-state index in [-0.39, 0.29) is 0 Å². The summed E-state index contributed by atoms with van der Waals surface area (Å²) in [6.07, 6.45) is 9.18. The van der Waals surface area contributed by atoms with Crippen molar-refractivity contribution in [1.29, 1.82) is 0 Å². The third-order valence-electron chi connectivity index (χ3n) is 4.57. The van der Waals surface area contributed by atoms with Crippen molar-refractivity contribution in [3.8, 4) is 5.69 Å². The molecule has 2 aromatic rings. The van der Waals surface area contributed by atoms with Gasteiger partial charge in [-0.3, -0.25) is 0 Å². The summed E-state index contributed by atoms with van der Waals surface area (Å²) in [5, 5.41) is 3.49. The molecule has 4 rings (SSSR count). The normalized spacial score (nSPS) is 18.9. The van der Waals surface area contributed by atoms with Crippen molar-refractivity contribution in [3.05, 3.63) is 47.5 Å². The second-order valence-corrected chi connectivity index (χ2v) is 5.66. The molecule has 19 heavy (non-hydrogen) atoms. The molecule has 0 radical (unpaired) electrons. The quantitative estimate of drug-likeness (QED) is 0.892. The average Bonchev–Trinajstić information content (AvgIpc) is 2.85. The van der Waals surface area contributed by atoms with Crippen molar-refractivity contribution in [2.24, 2.45) is 0 Å². The van der Waals surface area contributed by atoms with Crippen LogP contribution >= 0.6 is 0 Å². The molecule has 1 saturated carbocycles. The predicted molar refractivity (Wildman–Crippen MR) is 75.6 cm³/mol. The molecule has 1 aliphatic carbocycles. The van der Waals surface area contributed by atoms with Gasteiger partial charge in [0.1, 0.15) is 0 Å². The Kier molecular flexibility index (Phi) is 2.66. The molecule has 0 unspecified atom stereocenters. The van der Waals surface area contributed by atoms with Gasteiger partial charge in [0.05, 0.1) is 12.0 Å². The van der Waals surface area contributed by atoms with E-state index in [1.165, 1.54) is 41.8 Å². The van der Waals surface area contributed by atoms with Crippen molar-refractivity contribution < 1.29 is 0 Å². The van der Waals surface area contributed by atoms with Crippen molar-refractivity contribution >= 4 is 0 Å². The average molecular weight is 253 g/mol. The first-order valence-corrected chi connectivity index (χ1v) is 7.27. The molecule has 1 fully saturated rings. The lowest BCUT2D eigenvalue weighted by molar-refractivity contribution is 0.406. The molecule has 0 spiro atoms. The lowest BCUT2D eigenvalue weighted by atomic mass is 9.83. The molecule has 1 aromatic heterocycles. The van der Waals surface area contributed by atoms with Gasteiger partial charge in [-0.05, 0) is 43.0 Å². The first kappa shape index (κ1) is 11.2. The Morgan fingerprint density at radius 2 is 2.21 bits per heavy atom. The Morgan fingerprint density at radius 3 is 3.05 bits per heavy atom. The van der Waals surface area contributed by atoms with E-state index in [1.54, 1.807) is 0 Å². The van der Waals surface area contributed by atoms with Gasteiger partial charge in [0.2, 0.25) is 0 Å². The standard InChI is InChI=1S/C16H19N3/c1-4-13(5-1)16-10-18-11-19(16)15-6-2-3-12-7-8-17-9-14(12)15/h2-3,6,10-11,13,17H,1,4-5,7-9H2. The highest BCUT2D eigenvalue weighted by atomic mass is 15.1. The van der Waals surface area contributed by atoms with Crippen LogP contribution in [0.25, 0.3) is 5.69 Å². The molecule has 2 aliphatic rings. The molecule has 2 heterocycles. The topological polar surface area (TPSA) is 29.9 Å². The van der Waals surface area contributed by atoms with Crippen molar-refractivity contribution in [2.75, 3.05) is 6.54 Å². The van der Waals surface area contributed by atoms with Crippen LogP contribution in [0, 0.1) is 0 Å². The monoisotopic (exact) mass is 253 g/mol. The van der Waals surface area contributed by atoms with Crippen LogP contribution in [0.2, 0.25) is 0 Å². The Labute approximate surface area is 113 Å². The molecule has 0 atom stereocenters. The van der Waals surface area contributed by atoms with Crippen LogP contribution in [-0.4, -0.2) is 16.1 Å². The maximum atomic E-state index is 4.39. The second kappa shape index (κ2) is 4.49. The zero-order valence-electron chi connectivity index (χ0n) is 11.1. The number of benzene rings is 1. The van der Waals surface area contributed by atoms with Crippen LogP contribution in [0.5, 0.6) is 0 Å². The molecular formula is C16H19N3. The molecule has 1 aliphatic heterocycles. The fourth-order valence-corrected chi connectivity index (χ4v) is 3.23. The fourth-order valence-electron chi connectivity index (χ4n) is 3.23. The largest absolute Gasteiger partial charge is 0.312 e. The summed E-state index contributed by atoms with van der Waals surface area (Å²) < 4.78 is 2.32. The maximum Gasteiger partial charge on any atom is 0.0994 e. The van der Waals surface area contributed by atoms with Gasteiger partial charge in [0, 0.05) is 24.4 Å². The van der Waals surface area contributed by atoms with E-state index >= 15 is 0 Å². The van der Waals surface area contributed by atoms with Crippen molar-refractivity contribution in [3.63, 3.8) is 0 Å². The molecule has 1 N–H and O–H groups in total. The fraction of sp³-hybridized carbons (Fsp3) is 0.438. The zero-order valence-corrected chi connectivity index (χ0v) is 11.1. The molecule has 3 nitrogen and oxygen atoms in total. The van der Waals surface area contributed by atoms with Crippen LogP contribution in [-0.2, 0) is 13.0 Å². The summed E-state index contributed by atoms with van der Waals surface area (Å²) in [5.41, 5.74) is 5.66. The van der Waals surface area contributed by atoms with Gasteiger partial charge in [-0.25, -0.2) is 4.98 Å². The summed E-state index contributed by atoms with van der Waals surface area (Å²) >= 11 is 0.